The second kappa shape index (κ2) is 3.10. The van der Waals surface area contributed by atoms with Crippen LogP contribution >= 0.6 is 0 Å². The highest BCUT2D eigenvalue weighted by Crippen LogP contribution is 2.28. The molecule has 72 valence electrons. The van der Waals surface area contributed by atoms with Crippen molar-refractivity contribution in [1.29, 1.82) is 0 Å². The standard InChI is InChI=1S/C11H12N2O/c1-2-4-10-9(3-1)11(13-14-10)8-5-6-12-7-8/h1-4,8,12H,5-7H2/t8-/m1/s1. The summed E-state index contributed by atoms with van der Waals surface area (Å²) >= 11 is 0. The molecule has 1 aromatic carbocycles. The summed E-state index contributed by atoms with van der Waals surface area (Å²) in [6.45, 7) is 2.11. The predicted octanol–water partition coefficient (Wildman–Crippen LogP) is 1.90. The van der Waals surface area contributed by atoms with Gasteiger partial charge in [0.25, 0.3) is 0 Å². The number of nitrogens with zero attached hydrogens (tertiary/aromatic N) is 1. The minimum atomic E-state index is 0.527. The molecule has 0 unspecified atom stereocenters. The van der Waals surface area contributed by atoms with Crippen molar-refractivity contribution in [3.63, 3.8) is 0 Å². The zero-order valence-corrected chi connectivity index (χ0v) is 7.86. The summed E-state index contributed by atoms with van der Waals surface area (Å²) in [4.78, 5) is 0. The summed E-state index contributed by atoms with van der Waals surface area (Å²) in [6.07, 6.45) is 1.16. The van der Waals surface area contributed by atoms with E-state index in [1.807, 2.05) is 18.2 Å². The minimum absolute atomic E-state index is 0.527. The Morgan fingerprint density at radius 1 is 1.36 bits per heavy atom. The summed E-state index contributed by atoms with van der Waals surface area (Å²) in [7, 11) is 0. The van der Waals surface area contributed by atoms with Gasteiger partial charge in [-0.05, 0) is 25.1 Å². The molecule has 3 heteroatoms. The molecule has 1 N–H and O–H groups in total. The third-order valence-electron chi connectivity index (χ3n) is 2.85. The summed E-state index contributed by atoms with van der Waals surface area (Å²) in [5, 5.41) is 8.67. The van der Waals surface area contributed by atoms with Gasteiger partial charge in [-0.1, -0.05) is 17.3 Å². The van der Waals surface area contributed by atoms with E-state index in [1.54, 1.807) is 0 Å². The Balaban J connectivity index is 2.11. The number of para-hydroxylation sites is 1. The molecule has 0 radical (unpaired) electrons. The van der Waals surface area contributed by atoms with Crippen LogP contribution in [-0.2, 0) is 0 Å². The number of nitrogens with one attached hydrogen (secondary N) is 1. The first kappa shape index (κ1) is 8.00. The first-order valence-electron chi connectivity index (χ1n) is 5.00. The lowest BCUT2D eigenvalue weighted by Gasteiger charge is -2.02. The summed E-state index contributed by atoms with van der Waals surface area (Å²) in [5.74, 6) is 0.527. The largest absolute Gasteiger partial charge is 0.356 e. The van der Waals surface area contributed by atoms with Gasteiger partial charge in [0, 0.05) is 17.8 Å². The maximum atomic E-state index is 5.28. The van der Waals surface area contributed by atoms with E-state index >= 15 is 0 Å². The van der Waals surface area contributed by atoms with Gasteiger partial charge >= 0.3 is 0 Å². The van der Waals surface area contributed by atoms with Crippen molar-refractivity contribution in [3.05, 3.63) is 30.0 Å². The smallest absolute Gasteiger partial charge is 0.167 e. The van der Waals surface area contributed by atoms with Crippen LogP contribution in [0.25, 0.3) is 11.0 Å². The van der Waals surface area contributed by atoms with Crippen LogP contribution in [0.1, 0.15) is 18.0 Å². The quantitative estimate of drug-likeness (QED) is 0.742. The van der Waals surface area contributed by atoms with Crippen LogP contribution in [0.5, 0.6) is 0 Å². The average molecular weight is 188 g/mol. The Bertz CT molecular complexity index is 443. The molecule has 0 amide bonds. The summed E-state index contributed by atoms with van der Waals surface area (Å²) in [5.41, 5.74) is 2.01. The van der Waals surface area contributed by atoms with Gasteiger partial charge < -0.3 is 9.84 Å². The monoisotopic (exact) mass is 188 g/mol. The van der Waals surface area contributed by atoms with E-state index in [4.69, 9.17) is 4.52 Å². The van der Waals surface area contributed by atoms with Gasteiger partial charge in [0.05, 0.1) is 5.69 Å². The minimum Gasteiger partial charge on any atom is -0.356 e. The van der Waals surface area contributed by atoms with Crippen molar-refractivity contribution in [1.82, 2.24) is 10.5 Å². The molecule has 1 saturated heterocycles. The Hall–Kier alpha value is -1.35. The maximum absolute atomic E-state index is 5.28. The zero-order chi connectivity index (χ0) is 9.38. The number of fused-ring (bicyclic) bond motifs is 1. The van der Waals surface area contributed by atoms with E-state index in [-0.39, 0.29) is 0 Å². The van der Waals surface area contributed by atoms with Crippen LogP contribution in [-0.4, -0.2) is 18.2 Å². The predicted molar refractivity (Wildman–Crippen MR) is 54.2 cm³/mol. The highest BCUT2D eigenvalue weighted by molar-refractivity contribution is 5.79. The van der Waals surface area contributed by atoms with E-state index in [2.05, 4.69) is 16.5 Å². The summed E-state index contributed by atoms with van der Waals surface area (Å²) < 4.78 is 5.28. The molecular weight excluding hydrogens is 176 g/mol. The van der Waals surface area contributed by atoms with E-state index < -0.39 is 0 Å². The third-order valence-corrected chi connectivity index (χ3v) is 2.85. The zero-order valence-electron chi connectivity index (χ0n) is 7.86. The first-order chi connectivity index (χ1) is 6.95. The fourth-order valence-corrected chi connectivity index (χ4v) is 2.09. The van der Waals surface area contributed by atoms with E-state index in [9.17, 15) is 0 Å². The molecule has 1 atom stereocenters. The van der Waals surface area contributed by atoms with Crippen LogP contribution in [0.4, 0.5) is 0 Å². The van der Waals surface area contributed by atoms with Gasteiger partial charge in [0.15, 0.2) is 5.58 Å². The molecular formula is C11H12N2O. The highest BCUT2D eigenvalue weighted by atomic mass is 16.5. The van der Waals surface area contributed by atoms with Crippen molar-refractivity contribution in [3.8, 4) is 0 Å². The number of hydrogen-bond acceptors (Lipinski definition) is 3. The third kappa shape index (κ3) is 1.13. The number of aromatic nitrogens is 1. The number of benzene rings is 1. The molecule has 0 aliphatic carbocycles. The van der Waals surface area contributed by atoms with Crippen molar-refractivity contribution in [2.24, 2.45) is 0 Å². The lowest BCUT2D eigenvalue weighted by Crippen LogP contribution is -2.08. The Morgan fingerprint density at radius 3 is 3.14 bits per heavy atom. The molecule has 2 aromatic rings. The fourth-order valence-electron chi connectivity index (χ4n) is 2.09. The molecule has 0 bridgehead atoms. The van der Waals surface area contributed by atoms with E-state index in [0.29, 0.717) is 5.92 Å². The lowest BCUT2D eigenvalue weighted by atomic mass is 10.0. The van der Waals surface area contributed by atoms with E-state index in [0.717, 1.165) is 30.8 Å². The lowest BCUT2D eigenvalue weighted by molar-refractivity contribution is 0.439. The second-order valence-corrected chi connectivity index (χ2v) is 3.75. The molecule has 1 aromatic heterocycles. The molecule has 14 heavy (non-hydrogen) atoms. The SMILES string of the molecule is c1ccc2c([C@@H]3CCNC3)noc2c1. The van der Waals surface area contributed by atoms with Gasteiger partial charge in [-0.25, -0.2) is 0 Å². The second-order valence-electron chi connectivity index (χ2n) is 3.75. The Kier molecular flexibility index (Phi) is 1.77. The van der Waals surface area contributed by atoms with Crippen LogP contribution < -0.4 is 5.32 Å². The molecule has 2 heterocycles. The number of hydrogen-bond donors (Lipinski definition) is 1. The van der Waals surface area contributed by atoms with Crippen molar-refractivity contribution >= 4 is 11.0 Å². The highest BCUT2D eigenvalue weighted by Gasteiger charge is 2.22. The maximum Gasteiger partial charge on any atom is 0.167 e. The fraction of sp³-hybridized carbons (Fsp3) is 0.364. The molecule has 1 aliphatic rings. The van der Waals surface area contributed by atoms with Gasteiger partial charge in [-0.3, -0.25) is 0 Å². The number of rotatable bonds is 1. The molecule has 1 fully saturated rings. The van der Waals surface area contributed by atoms with Crippen molar-refractivity contribution in [2.45, 2.75) is 12.3 Å². The van der Waals surface area contributed by atoms with Gasteiger partial charge in [0.1, 0.15) is 0 Å². The molecule has 3 nitrogen and oxygen atoms in total. The molecule has 0 saturated carbocycles. The molecule has 1 aliphatic heterocycles. The first-order valence-corrected chi connectivity index (χ1v) is 5.00. The Labute approximate surface area is 82.1 Å². The van der Waals surface area contributed by atoms with Gasteiger partial charge in [-0.15, -0.1) is 0 Å². The van der Waals surface area contributed by atoms with Crippen molar-refractivity contribution in [2.75, 3.05) is 13.1 Å². The van der Waals surface area contributed by atoms with E-state index in [1.165, 1.54) is 5.39 Å². The molecule has 0 spiro atoms. The normalized spacial score (nSPS) is 21.9. The van der Waals surface area contributed by atoms with Crippen molar-refractivity contribution < 1.29 is 4.52 Å². The van der Waals surface area contributed by atoms with Crippen LogP contribution in [0.15, 0.2) is 28.8 Å². The van der Waals surface area contributed by atoms with Gasteiger partial charge in [-0.2, -0.15) is 0 Å². The molecule has 3 rings (SSSR count). The van der Waals surface area contributed by atoms with Gasteiger partial charge in [0.2, 0.25) is 0 Å². The van der Waals surface area contributed by atoms with Crippen LogP contribution in [0.2, 0.25) is 0 Å². The van der Waals surface area contributed by atoms with Crippen LogP contribution in [0, 0.1) is 0 Å². The Morgan fingerprint density at radius 2 is 2.29 bits per heavy atom. The topological polar surface area (TPSA) is 38.1 Å². The van der Waals surface area contributed by atoms with Crippen LogP contribution in [0.3, 0.4) is 0 Å². The summed E-state index contributed by atoms with van der Waals surface area (Å²) in [6, 6.07) is 8.06. The average Bonchev–Trinajstić information content (AvgIpc) is 2.85.